The van der Waals surface area contributed by atoms with Gasteiger partial charge in [-0.2, -0.15) is 4.31 Å². The van der Waals surface area contributed by atoms with E-state index in [1.54, 1.807) is 18.4 Å². The molecule has 1 atom stereocenters. The first-order chi connectivity index (χ1) is 13.7. The molecular formula is C21H34N4O3S. The predicted octanol–water partition coefficient (Wildman–Crippen LogP) is 3.98. The van der Waals surface area contributed by atoms with Gasteiger partial charge < -0.3 is 9.73 Å². The van der Waals surface area contributed by atoms with Crippen LogP contribution in [0.5, 0.6) is 0 Å². The molecule has 2 rings (SSSR count). The number of pyridine rings is 1. The van der Waals surface area contributed by atoms with Crippen LogP contribution in [-0.2, 0) is 10.0 Å². The average Bonchev–Trinajstić information content (AvgIpc) is 3.19. The van der Waals surface area contributed by atoms with Crippen LogP contribution in [0.1, 0.15) is 53.3 Å². The maximum atomic E-state index is 13.0. The second-order valence-electron chi connectivity index (χ2n) is 7.53. The standard InChI is InChI=1S/C21H34N4O3S/c1-7-24(8-2)19(20-10-9-13-28-20)15-23-21-12-11-18(14-22-21)29(26,27)25(16(3)4)17(5)6/h9-14,16-17,19H,7-8,15H2,1-6H3,(H,22,23). The average molecular weight is 423 g/mol. The number of likely N-dealkylation sites (N-methyl/N-ethyl adjacent to an activating group) is 1. The van der Waals surface area contributed by atoms with Gasteiger partial charge in [0.25, 0.3) is 0 Å². The minimum atomic E-state index is -3.58. The van der Waals surface area contributed by atoms with E-state index >= 15 is 0 Å². The van der Waals surface area contributed by atoms with Crippen molar-refractivity contribution in [3.63, 3.8) is 0 Å². The van der Waals surface area contributed by atoms with Crippen molar-refractivity contribution in [2.24, 2.45) is 0 Å². The van der Waals surface area contributed by atoms with Crippen molar-refractivity contribution in [2.75, 3.05) is 25.0 Å². The Bertz CT molecular complexity index is 821. The van der Waals surface area contributed by atoms with Gasteiger partial charge >= 0.3 is 0 Å². The van der Waals surface area contributed by atoms with Crippen LogP contribution in [0.25, 0.3) is 0 Å². The highest BCUT2D eigenvalue weighted by molar-refractivity contribution is 7.89. The molecule has 162 valence electrons. The SMILES string of the molecule is CCN(CC)C(CNc1ccc(S(=O)(=O)N(C(C)C)C(C)C)cn1)c1ccco1. The molecular weight excluding hydrogens is 388 g/mol. The number of nitrogens with one attached hydrogen (secondary N) is 1. The van der Waals surface area contributed by atoms with Crippen LogP contribution in [0.15, 0.2) is 46.0 Å². The first-order valence-electron chi connectivity index (χ1n) is 10.2. The zero-order valence-electron chi connectivity index (χ0n) is 18.3. The van der Waals surface area contributed by atoms with Crippen LogP contribution in [0, 0.1) is 0 Å². The molecule has 0 aliphatic rings. The third-order valence-electron chi connectivity index (χ3n) is 4.93. The second-order valence-corrected chi connectivity index (χ2v) is 9.38. The van der Waals surface area contributed by atoms with Gasteiger partial charge in [-0.3, -0.25) is 4.90 Å². The summed E-state index contributed by atoms with van der Waals surface area (Å²) in [5.41, 5.74) is 0. The number of hydrogen-bond acceptors (Lipinski definition) is 6. The first-order valence-corrected chi connectivity index (χ1v) is 11.7. The number of nitrogens with zero attached hydrogens (tertiary/aromatic N) is 3. The fourth-order valence-electron chi connectivity index (χ4n) is 3.67. The largest absolute Gasteiger partial charge is 0.468 e. The highest BCUT2D eigenvalue weighted by Gasteiger charge is 2.29. The van der Waals surface area contributed by atoms with Crippen molar-refractivity contribution in [1.29, 1.82) is 0 Å². The third kappa shape index (κ3) is 5.58. The number of furan rings is 1. The molecule has 2 aromatic heterocycles. The van der Waals surface area contributed by atoms with E-state index in [4.69, 9.17) is 4.42 Å². The van der Waals surface area contributed by atoms with Crippen molar-refractivity contribution >= 4 is 15.8 Å². The lowest BCUT2D eigenvalue weighted by atomic mass is 10.2. The number of aromatic nitrogens is 1. The summed E-state index contributed by atoms with van der Waals surface area (Å²) in [6.07, 6.45) is 3.10. The number of anilines is 1. The van der Waals surface area contributed by atoms with Crippen molar-refractivity contribution in [3.05, 3.63) is 42.5 Å². The lowest BCUT2D eigenvalue weighted by Crippen LogP contribution is -2.41. The summed E-state index contributed by atoms with van der Waals surface area (Å²) in [6, 6.07) is 7.01. The lowest BCUT2D eigenvalue weighted by Gasteiger charge is -2.29. The quantitative estimate of drug-likeness (QED) is 0.590. The molecule has 8 heteroatoms. The molecule has 0 saturated carbocycles. The van der Waals surface area contributed by atoms with Crippen LogP contribution in [0.3, 0.4) is 0 Å². The van der Waals surface area contributed by atoms with Crippen molar-refractivity contribution in [3.8, 4) is 0 Å². The summed E-state index contributed by atoms with van der Waals surface area (Å²) in [7, 11) is -3.58. The smallest absolute Gasteiger partial charge is 0.245 e. The second kappa shape index (κ2) is 10.2. The minimum Gasteiger partial charge on any atom is -0.468 e. The Labute approximate surface area is 175 Å². The van der Waals surface area contributed by atoms with Crippen molar-refractivity contribution in [2.45, 2.75) is 64.6 Å². The summed E-state index contributed by atoms with van der Waals surface area (Å²) in [6.45, 7) is 14.2. The van der Waals surface area contributed by atoms with Gasteiger partial charge in [0.2, 0.25) is 10.0 Å². The van der Waals surface area contributed by atoms with Gasteiger partial charge in [0.05, 0.1) is 12.3 Å². The Morgan fingerprint density at radius 3 is 2.17 bits per heavy atom. The molecule has 0 fully saturated rings. The van der Waals surface area contributed by atoms with Gasteiger partial charge in [-0.05, 0) is 65.0 Å². The van der Waals surface area contributed by atoms with Crippen molar-refractivity contribution < 1.29 is 12.8 Å². The molecule has 0 spiro atoms. The Morgan fingerprint density at radius 2 is 1.72 bits per heavy atom. The number of hydrogen-bond donors (Lipinski definition) is 1. The molecule has 0 aliphatic heterocycles. The Hall–Kier alpha value is -1.90. The van der Waals surface area contributed by atoms with Gasteiger partial charge in [0, 0.05) is 24.8 Å². The first kappa shape index (κ1) is 23.4. The van der Waals surface area contributed by atoms with Crippen molar-refractivity contribution in [1.82, 2.24) is 14.2 Å². The maximum Gasteiger partial charge on any atom is 0.245 e. The summed E-state index contributed by atoms with van der Waals surface area (Å²) in [4.78, 5) is 6.85. The highest BCUT2D eigenvalue weighted by Crippen LogP contribution is 2.23. The lowest BCUT2D eigenvalue weighted by molar-refractivity contribution is 0.202. The summed E-state index contributed by atoms with van der Waals surface area (Å²) < 4.78 is 33.0. The van der Waals surface area contributed by atoms with E-state index < -0.39 is 10.0 Å². The molecule has 7 nitrogen and oxygen atoms in total. The zero-order chi connectivity index (χ0) is 21.6. The monoisotopic (exact) mass is 422 g/mol. The molecule has 0 aliphatic carbocycles. The molecule has 2 aromatic rings. The fraction of sp³-hybridized carbons (Fsp3) is 0.571. The van der Waals surface area contributed by atoms with Gasteiger partial charge in [-0.25, -0.2) is 13.4 Å². The molecule has 0 amide bonds. The van der Waals surface area contributed by atoms with Crippen LogP contribution >= 0.6 is 0 Å². The predicted molar refractivity (Wildman–Crippen MR) is 116 cm³/mol. The molecule has 0 bridgehead atoms. The molecule has 1 N–H and O–H groups in total. The van der Waals surface area contributed by atoms with E-state index in [2.05, 4.69) is 29.0 Å². The fourth-order valence-corrected chi connectivity index (χ4v) is 5.45. The minimum absolute atomic E-state index is 0.0718. The summed E-state index contributed by atoms with van der Waals surface area (Å²) in [5.74, 6) is 1.53. The van der Waals surface area contributed by atoms with E-state index in [0.717, 1.165) is 18.8 Å². The van der Waals surface area contributed by atoms with E-state index in [0.29, 0.717) is 12.4 Å². The van der Waals surface area contributed by atoms with Gasteiger partial charge in [0.15, 0.2) is 0 Å². The van der Waals surface area contributed by atoms with E-state index in [9.17, 15) is 8.42 Å². The molecule has 0 aromatic carbocycles. The third-order valence-corrected chi connectivity index (χ3v) is 7.17. The number of sulfonamides is 1. The Morgan fingerprint density at radius 1 is 1.07 bits per heavy atom. The molecule has 0 radical (unpaired) electrons. The molecule has 29 heavy (non-hydrogen) atoms. The van der Waals surface area contributed by atoms with Crippen LogP contribution in [0.4, 0.5) is 5.82 Å². The topological polar surface area (TPSA) is 78.7 Å². The summed E-state index contributed by atoms with van der Waals surface area (Å²) in [5, 5.41) is 3.31. The molecule has 2 heterocycles. The van der Waals surface area contributed by atoms with Crippen LogP contribution in [0.2, 0.25) is 0 Å². The Kier molecular flexibility index (Phi) is 8.24. The molecule has 0 saturated heterocycles. The molecule has 1 unspecified atom stereocenters. The van der Waals surface area contributed by atoms with E-state index in [1.807, 2.05) is 39.8 Å². The van der Waals surface area contributed by atoms with Gasteiger partial charge in [0.1, 0.15) is 16.5 Å². The summed E-state index contributed by atoms with van der Waals surface area (Å²) >= 11 is 0. The zero-order valence-corrected chi connectivity index (χ0v) is 19.1. The van der Waals surface area contributed by atoms with Gasteiger partial charge in [-0.15, -0.1) is 0 Å². The maximum absolute atomic E-state index is 13.0. The van der Waals surface area contributed by atoms with E-state index in [-0.39, 0.29) is 23.0 Å². The normalized spacial score (nSPS) is 13.6. The van der Waals surface area contributed by atoms with E-state index in [1.165, 1.54) is 10.5 Å². The van der Waals surface area contributed by atoms with Crippen LogP contribution in [-0.4, -0.2) is 54.3 Å². The Balaban J connectivity index is 2.15. The van der Waals surface area contributed by atoms with Gasteiger partial charge in [-0.1, -0.05) is 13.8 Å². The number of rotatable bonds is 11. The highest BCUT2D eigenvalue weighted by atomic mass is 32.2. The van der Waals surface area contributed by atoms with Crippen LogP contribution < -0.4 is 5.32 Å².